The molecule has 0 fully saturated rings. The quantitative estimate of drug-likeness (QED) is 0.219. The molecule has 202 valence electrons. The average molecular weight is 551 g/mol. The van der Waals surface area contributed by atoms with Gasteiger partial charge in [0.1, 0.15) is 0 Å². The molecule has 0 atom stereocenters. The minimum Gasteiger partial charge on any atom is -0.307 e. The monoisotopic (exact) mass is 550 g/mol. The van der Waals surface area contributed by atoms with Gasteiger partial charge >= 0.3 is 0 Å². The lowest BCUT2D eigenvalue weighted by Gasteiger charge is -2.13. The molecule has 4 nitrogen and oxygen atoms in total. The number of benzene rings is 6. The molecule has 0 saturated carbocycles. The van der Waals surface area contributed by atoms with Crippen LogP contribution < -0.4 is 0 Å². The van der Waals surface area contributed by atoms with Crippen LogP contribution in [0.15, 0.2) is 140 Å². The highest BCUT2D eigenvalue weighted by Gasteiger charge is 2.21. The van der Waals surface area contributed by atoms with E-state index in [1.54, 1.807) is 0 Å². The smallest absolute Gasteiger partial charge is 0.0894 e. The fourth-order valence-electron chi connectivity index (χ4n) is 6.63. The van der Waals surface area contributed by atoms with Crippen molar-refractivity contribution in [1.82, 2.24) is 19.1 Å². The number of aryl methyl sites for hydroxylation is 1. The van der Waals surface area contributed by atoms with Crippen LogP contribution in [-0.4, -0.2) is 19.1 Å². The zero-order valence-electron chi connectivity index (χ0n) is 23.6. The SMILES string of the molecule is Cc1ccc(-n2c3ccccc3c3ccc4c5ccccc5n(-c5cccc(-c6cnc7ccccc7n6)c5)c4c32)cc1. The fourth-order valence-corrected chi connectivity index (χ4v) is 6.63. The number of hydrogen-bond acceptors (Lipinski definition) is 2. The lowest BCUT2D eigenvalue weighted by atomic mass is 10.1. The zero-order valence-corrected chi connectivity index (χ0v) is 23.6. The van der Waals surface area contributed by atoms with E-state index in [1.165, 1.54) is 49.2 Å². The fraction of sp³-hybridized carbons (Fsp3) is 0.0256. The van der Waals surface area contributed by atoms with Gasteiger partial charge in [-0.2, -0.15) is 0 Å². The first kappa shape index (κ1) is 23.9. The largest absolute Gasteiger partial charge is 0.307 e. The van der Waals surface area contributed by atoms with Crippen molar-refractivity contribution in [3.63, 3.8) is 0 Å². The van der Waals surface area contributed by atoms with Crippen molar-refractivity contribution in [3.8, 4) is 22.6 Å². The molecule has 0 aliphatic rings. The third kappa shape index (κ3) is 3.57. The highest BCUT2D eigenvalue weighted by atomic mass is 15.0. The van der Waals surface area contributed by atoms with Crippen LogP contribution in [0.4, 0.5) is 0 Å². The number of para-hydroxylation sites is 4. The Kier molecular flexibility index (Phi) is 5.08. The van der Waals surface area contributed by atoms with Gasteiger partial charge in [0.25, 0.3) is 0 Å². The lowest BCUT2D eigenvalue weighted by molar-refractivity contribution is 1.15. The summed E-state index contributed by atoms with van der Waals surface area (Å²) in [4.78, 5) is 9.65. The molecule has 6 aromatic carbocycles. The zero-order chi connectivity index (χ0) is 28.5. The van der Waals surface area contributed by atoms with E-state index in [-0.39, 0.29) is 0 Å². The summed E-state index contributed by atoms with van der Waals surface area (Å²) in [5.41, 5.74) is 12.0. The minimum atomic E-state index is 0.861. The minimum absolute atomic E-state index is 0.861. The molecule has 0 radical (unpaired) electrons. The van der Waals surface area contributed by atoms with E-state index in [1.807, 2.05) is 30.5 Å². The van der Waals surface area contributed by atoms with Gasteiger partial charge in [-0.1, -0.05) is 90.5 Å². The standard InChI is InChI=1S/C39H26N4/c1-25-17-19-27(20-18-25)42-36-15-6-2-11-29(36)31-21-22-32-30-12-3-7-16-37(30)43(39(32)38(31)42)28-10-8-9-26(23-28)35-24-40-33-13-4-5-14-34(33)41-35/h2-24H,1H3. The van der Waals surface area contributed by atoms with Crippen LogP contribution in [0.1, 0.15) is 5.56 Å². The summed E-state index contributed by atoms with van der Waals surface area (Å²) in [6, 6.07) is 47.6. The maximum absolute atomic E-state index is 4.96. The van der Waals surface area contributed by atoms with Crippen molar-refractivity contribution in [1.29, 1.82) is 0 Å². The van der Waals surface area contributed by atoms with Gasteiger partial charge in [-0.3, -0.25) is 4.98 Å². The summed E-state index contributed by atoms with van der Waals surface area (Å²) < 4.78 is 4.86. The van der Waals surface area contributed by atoms with Gasteiger partial charge in [0.2, 0.25) is 0 Å². The molecule has 0 aliphatic heterocycles. The van der Waals surface area contributed by atoms with Gasteiger partial charge in [-0.25, -0.2) is 4.98 Å². The van der Waals surface area contributed by atoms with Crippen molar-refractivity contribution >= 4 is 54.6 Å². The Bertz CT molecular complexity index is 2510. The van der Waals surface area contributed by atoms with Crippen molar-refractivity contribution in [2.45, 2.75) is 6.92 Å². The molecule has 0 aliphatic carbocycles. The van der Waals surface area contributed by atoms with E-state index in [9.17, 15) is 0 Å². The predicted molar refractivity (Wildman–Crippen MR) is 178 cm³/mol. The van der Waals surface area contributed by atoms with E-state index in [0.717, 1.165) is 33.7 Å². The van der Waals surface area contributed by atoms with Crippen molar-refractivity contribution in [2.75, 3.05) is 0 Å². The van der Waals surface area contributed by atoms with Crippen molar-refractivity contribution in [2.24, 2.45) is 0 Å². The van der Waals surface area contributed by atoms with Gasteiger partial charge < -0.3 is 9.13 Å². The first-order valence-corrected chi connectivity index (χ1v) is 14.6. The highest BCUT2D eigenvalue weighted by Crippen LogP contribution is 2.41. The first-order chi connectivity index (χ1) is 21.2. The van der Waals surface area contributed by atoms with Gasteiger partial charge in [0.15, 0.2) is 0 Å². The molecule has 0 N–H and O–H groups in total. The van der Waals surface area contributed by atoms with Crippen LogP contribution >= 0.6 is 0 Å². The van der Waals surface area contributed by atoms with Crippen LogP contribution in [0.25, 0.3) is 77.3 Å². The van der Waals surface area contributed by atoms with Crippen molar-refractivity contribution in [3.05, 3.63) is 145 Å². The molecule has 3 heterocycles. The molecule has 0 amide bonds. The molecule has 43 heavy (non-hydrogen) atoms. The molecule has 0 spiro atoms. The predicted octanol–water partition coefficient (Wildman–Crippen LogP) is 9.80. The maximum Gasteiger partial charge on any atom is 0.0894 e. The Morgan fingerprint density at radius 3 is 1.79 bits per heavy atom. The maximum atomic E-state index is 4.96. The summed E-state index contributed by atoms with van der Waals surface area (Å²) >= 11 is 0. The second kappa shape index (κ2) is 9.13. The molecule has 9 rings (SSSR count). The molecular formula is C39H26N4. The Hall–Kier alpha value is -5.74. The number of hydrogen-bond donors (Lipinski definition) is 0. The number of nitrogens with zero attached hydrogens (tertiary/aromatic N) is 4. The van der Waals surface area contributed by atoms with E-state index >= 15 is 0 Å². The van der Waals surface area contributed by atoms with Gasteiger partial charge in [-0.05, 0) is 55.5 Å². The lowest BCUT2D eigenvalue weighted by Crippen LogP contribution is -1.99. The molecule has 0 saturated heterocycles. The van der Waals surface area contributed by atoms with Gasteiger partial charge in [-0.15, -0.1) is 0 Å². The number of fused-ring (bicyclic) bond motifs is 8. The van der Waals surface area contributed by atoms with E-state index < -0.39 is 0 Å². The van der Waals surface area contributed by atoms with Crippen LogP contribution in [0.2, 0.25) is 0 Å². The molecule has 0 bridgehead atoms. The van der Waals surface area contributed by atoms with Crippen molar-refractivity contribution < 1.29 is 0 Å². The average Bonchev–Trinajstić information content (AvgIpc) is 3.58. The van der Waals surface area contributed by atoms with E-state index in [4.69, 9.17) is 9.97 Å². The topological polar surface area (TPSA) is 35.6 Å². The summed E-state index contributed by atoms with van der Waals surface area (Å²) in [7, 11) is 0. The third-order valence-electron chi connectivity index (χ3n) is 8.61. The Morgan fingerprint density at radius 2 is 1.09 bits per heavy atom. The summed E-state index contributed by atoms with van der Waals surface area (Å²) in [5, 5.41) is 4.95. The van der Waals surface area contributed by atoms with Crippen LogP contribution in [0, 0.1) is 6.92 Å². The Balaban J connectivity index is 1.40. The Labute approximate surface area is 248 Å². The normalized spacial score (nSPS) is 11.8. The third-order valence-corrected chi connectivity index (χ3v) is 8.61. The molecule has 9 aromatic rings. The molecular weight excluding hydrogens is 524 g/mol. The molecule has 4 heteroatoms. The Morgan fingerprint density at radius 1 is 0.488 bits per heavy atom. The summed E-state index contributed by atoms with van der Waals surface area (Å²) in [6.07, 6.45) is 1.88. The second-order valence-corrected chi connectivity index (χ2v) is 11.2. The van der Waals surface area contributed by atoms with Crippen LogP contribution in [-0.2, 0) is 0 Å². The van der Waals surface area contributed by atoms with Crippen LogP contribution in [0.5, 0.6) is 0 Å². The molecule has 0 unspecified atom stereocenters. The number of aromatic nitrogens is 4. The summed E-state index contributed by atoms with van der Waals surface area (Å²) in [5.74, 6) is 0. The van der Waals surface area contributed by atoms with Gasteiger partial charge in [0, 0.05) is 38.5 Å². The van der Waals surface area contributed by atoms with E-state index in [0.29, 0.717) is 0 Å². The van der Waals surface area contributed by atoms with Gasteiger partial charge in [0.05, 0.1) is 45.0 Å². The highest BCUT2D eigenvalue weighted by molar-refractivity contribution is 6.23. The van der Waals surface area contributed by atoms with E-state index in [2.05, 4.69) is 125 Å². The first-order valence-electron chi connectivity index (χ1n) is 14.6. The van der Waals surface area contributed by atoms with Crippen LogP contribution in [0.3, 0.4) is 0 Å². The number of rotatable bonds is 3. The second-order valence-electron chi connectivity index (χ2n) is 11.2. The molecule has 3 aromatic heterocycles. The summed E-state index contributed by atoms with van der Waals surface area (Å²) in [6.45, 7) is 2.14.